The molecular weight excluding hydrogens is 382 g/mol. The first-order valence-electron chi connectivity index (χ1n) is 8.51. The topological polar surface area (TPSA) is 48.0 Å². The quantitative estimate of drug-likeness (QED) is 0.554. The first-order chi connectivity index (χ1) is 13.1. The predicted molar refractivity (Wildman–Crippen MR) is 109 cm³/mol. The molecule has 4 rings (SSSR count). The molecule has 2 aromatic carbocycles. The first kappa shape index (κ1) is 17.9. The minimum atomic E-state index is -0.0865. The Kier molecular flexibility index (Phi) is 5.05. The summed E-state index contributed by atoms with van der Waals surface area (Å²) in [6.45, 7) is 3.20. The summed E-state index contributed by atoms with van der Waals surface area (Å²) < 4.78 is 16.7. The number of carbonyl (C=O) groups is 1. The molecule has 0 atom stereocenters. The second-order valence-electron chi connectivity index (χ2n) is 5.96. The van der Waals surface area contributed by atoms with E-state index in [4.69, 9.17) is 26.4 Å². The molecule has 0 spiro atoms. The number of ether oxygens (including phenoxy) is 3. The zero-order chi connectivity index (χ0) is 18.8. The monoisotopic (exact) mass is 399 g/mol. The van der Waals surface area contributed by atoms with Crippen molar-refractivity contribution in [3.63, 3.8) is 0 Å². The van der Waals surface area contributed by atoms with Gasteiger partial charge in [-0.25, -0.2) is 0 Å². The smallest absolute Gasteiger partial charge is 0.266 e. The van der Waals surface area contributed by atoms with Crippen LogP contribution in [-0.4, -0.2) is 28.5 Å². The minimum Gasteiger partial charge on any atom is -0.494 e. The van der Waals surface area contributed by atoms with E-state index in [1.54, 1.807) is 4.90 Å². The van der Waals surface area contributed by atoms with Crippen LogP contribution < -0.4 is 14.2 Å². The molecule has 0 bridgehead atoms. The number of thioether (sulfide) groups is 1. The highest BCUT2D eigenvalue weighted by Gasteiger charge is 2.32. The average molecular weight is 399 g/mol. The Morgan fingerprint density at radius 1 is 1.19 bits per heavy atom. The molecule has 0 saturated carbocycles. The molecule has 7 heteroatoms. The zero-order valence-electron chi connectivity index (χ0n) is 14.6. The molecule has 2 aliphatic heterocycles. The van der Waals surface area contributed by atoms with E-state index in [0.29, 0.717) is 28.1 Å². The van der Waals surface area contributed by atoms with Crippen LogP contribution in [0.5, 0.6) is 17.2 Å². The van der Waals surface area contributed by atoms with Gasteiger partial charge in [-0.15, -0.1) is 0 Å². The van der Waals surface area contributed by atoms with Crippen LogP contribution in [0.15, 0.2) is 47.4 Å². The fourth-order valence-electron chi connectivity index (χ4n) is 2.84. The van der Waals surface area contributed by atoms with Gasteiger partial charge in [-0.2, -0.15) is 0 Å². The second kappa shape index (κ2) is 7.62. The fourth-order valence-corrected chi connectivity index (χ4v) is 4.09. The molecule has 2 aromatic rings. The molecule has 1 fully saturated rings. The van der Waals surface area contributed by atoms with Gasteiger partial charge < -0.3 is 14.2 Å². The number of nitrogens with zero attached hydrogens (tertiary/aromatic N) is 1. The van der Waals surface area contributed by atoms with Crippen molar-refractivity contribution in [1.29, 1.82) is 0 Å². The highest BCUT2D eigenvalue weighted by Crippen LogP contribution is 2.36. The average Bonchev–Trinajstić information content (AvgIpc) is 3.23. The Morgan fingerprint density at radius 2 is 1.96 bits per heavy atom. The van der Waals surface area contributed by atoms with Crippen molar-refractivity contribution in [3.05, 3.63) is 58.5 Å². The van der Waals surface area contributed by atoms with Crippen molar-refractivity contribution in [3.8, 4) is 17.2 Å². The number of thiocarbonyl (C=S) groups is 1. The maximum Gasteiger partial charge on any atom is 0.266 e. The third-order valence-electron chi connectivity index (χ3n) is 4.14. The Balaban J connectivity index is 1.49. The lowest BCUT2D eigenvalue weighted by atomic mass is 10.2. The van der Waals surface area contributed by atoms with E-state index in [-0.39, 0.29) is 12.7 Å². The Labute approximate surface area is 166 Å². The van der Waals surface area contributed by atoms with Gasteiger partial charge in [0.25, 0.3) is 5.91 Å². The SMILES string of the molecule is CCOc1ccc(/C=C2\SC(=S)N(Cc3ccc4c(c3)OCO4)C2=O)cc1. The van der Waals surface area contributed by atoms with Crippen LogP contribution in [-0.2, 0) is 11.3 Å². The molecule has 0 radical (unpaired) electrons. The van der Waals surface area contributed by atoms with E-state index >= 15 is 0 Å². The maximum absolute atomic E-state index is 12.8. The summed E-state index contributed by atoms with van der Waals surface area (Å²) in [4.78, 5) is 15.0. The van der Waals surface area contributed by atoms with E-state index < -0.39 is 0 Å². The van der Waals surface area contributed by atoms with Crippen LogP contribution in [0.4, 0.5) is 0 Å². The number of hydrogen-bond acceptors (Lipinski definition) is 6. The first-order valence-corrected chi connectivity index (χ1v) is 9.73. The number of fused-ring (bicyclic) bond motifs is 1. The zero-order valence-corrected chi connectivity index (χ0v) is 16.3. The summed E-state index contributed by atoms with van der Waals surface area (Å²) >= 11 is 6.73. The third-order valence-corrected chi connectivity index (χ3v) is 5.52. The van der Waals surface area contributed by atoms with Gasteiger partial charge in [-0.05, 0) is 48.4 Å². The van der Waals surface area contributed by atoms with Gasteiger partial charge in [0.1, 0.15) is 10.1 Å². The lowest BCUT2D eigenvalue weighted by molar-refractivity contribution is -0.122. The molecule has 138 valence electrons. The Hall–Kier alpha value is -2.51. The lowest BCUT2D eigenvalue weighted by Crippen LogP contribution is -2.27. The molecule has 1 saturated heterocycles. The molecule has 0 aliphatic carbocycles. The summed E-state index contributed by atoms with van der Waals surface area (Å²) in [5, 5.41) is 0. The number of amides is 1. The molecule has 0 N–H and O–H groups in total. The fraction of sp³-hybridized carbons (Fsp3) is 0.200. The second-order valence-corrected chi connectivity index (χ2v) is 7.63. The number of carbonyl (C=O) groups excluding carboxylic acids is 1. The van der Waals surface area contributed by atoms with E-state index in [0.717, 1.165) is 22.6 Å². The van der Waals surface area contributed by atoms with Gasteiger partial charge in [0.15, 0.2) is 11.5 Å². The molecule has 2 aliphatic rings. The van der Waals surface area contributed by atoms with Crippen molar-refractivity contribution in [2.24, 2.45) is 0 Å². The summed E-state index contributed by atoms with van der Waals surface area (Å²) in [7, 11) is 0. The highest BCUT2D eigenvalue weighted by atomic mass is 32.2. The van der Waals surface area contributed by atoms with Gasteiger partial charge in [0.2, 0.25) is 6.79 Å². The molecule has 27 heavy (non-hydrogen) atoms. The van der Waals surface area contributed by atoms with Gasteiger partial charge in [0.05, 0.1) is 18.1 Å². The van der Waals surface area contributed by atoms with Crippen molar-refractivity contribution < 1.29 is 19.0 Å². The number of benzene rings is 2. The number of rotatable bonds is 5. The summed E-state index contributed by atoms with van der Waals surface area (Å²) in [6.07, 6.45) is 1.86. The van der Waals surface area contributed by atoms with Gasteiger partial charge >= 0.3 is 0 Å². The van der Waals surface area contributed by atoms with Crippen molar-refractivity contribution in [1.82, 2.24) is 4.90 Å². The standard InChI is InChI=1S/C20H17NO4S2/c1-2-23-15-6-3-13(4-7-15)10-18-19(22)21(20(26)27-18)11-14-5-8-16-17(9-14)25-12-24-16/h3-10H,2,11-12H2,1H3/b18-10-. The van der Waals surface area contributed by atoms with Crippen LogP contribution in [0, 0.1) is 0 Å². The Morgan fingerprint density at radius 3 is 2.74 bits per heavy atom. The molecule has 2 heterocycles. The van der Waals surface area contributed by atoms with E-state index in [1.165, 1.54) is 11.8 Å². The van der Waals surface area contributed by atoms with Crippen LogP contribution in [0.25, 0.3) is 6.08 Å². The third kappa shape index (κ3) is 3.79. The van der Waals surface area contributed by atoms with Crippen LogP contribution >= 0.6 is 24.0 Å². The summed E-state index contributed by atoms with van der Waals surface area (Å²) in [5.74, 6) is 2.14. The molecule has 1 amide bonds. The van der Waals surface area contributed by atoms with Crippen molar-refractivity contribution >= 4 is 40.3 Å². The molecular formula is C20H17NO4S2. The molecule has 0 aromatic heterocycles. The predicted octanol–water partition coefficient (Wildman–Crippen LogP) is 4.22. The summed E-state index contributed by atoms with van der Waals surface area (Å²) in [6, 6.07) is 13.3. The van der Waals surface area contributed by atoms with Crippen LogP contribution in [0.2, 0.25) is 0 Å². The maximum atomic E-state index is 12.8. The largest absolute Gasteiger partial charge is 0.494 e. The van der Waals surface area contributed by atoms with Crippen molar-refractivity contribution in [2.75, 3.05) is 13.4 Å². The minimum absolute atomic E-state index is 0.0865. The Bertz CT molecular complexity index is 924. The van der Waals surface area contributed by atoms with E-state index in [2.05, 4.69) is 0 Å². The lowest BCUT2D eigenvalue weighted by Gasteiger charge is -2.14. The van der Waals surface area contributed by atoms with Gasteiger partial charge in [-0.1, -0.05) is 42.2 Å². The van der Waals surface area contributed by atoms with E-state index in [1.807, 2.05) is 55.5 Å². The molecule has 5 nitrogen and oxygen atoms in total. The van der Waals surface area contributed by atoms with Crippen LogP contribution in [0.3, 0.4) is 0 Å². The van der Waals surface area contributed by atoms with E-state index in [9.17, 15) is 4.79 Å². The van der Waals surface area contributed by atoms with Gasteiger partial charge in [-0.3, -0.25) is 9.69 Å². The molecule has 0 unspecified atom stereocenters. The normalized spacial score (nSPS) is 17.1. The van der Waals surface area contributed by atoms with Crippen molar-refractivity contribution in [2.45, 2.75) is 13.5 Å². The number of hydrogen-bond donors (Lipinski definition) is 0. The highest BCUT2D eigenvalue weighted by molar-refractivity contribution is 8.26. The summed E-state index contributed by atoms with van der Waals surface area (Å²) in [5.41, 5.74) is 1.87. The van der Waals surface area contributed by atoms with Crippen LogP contribution in [0.1, 0.15) is 18.1 Å². The van der Waals surface area contributed by atoms with Gasteiger partial charge in [0, 0.05) is 0 Å².